The average Bonchev–Trinajstić information content (AvgIpc) is 2.21. The van der Waals surface area contributed by atoms with Crippen LogP contribution < -0.4 is 4.74 Å². The summed E-state index contributed by atoms with van der Waals surface area (Å²) in [7, 11) is 1.66. The van der Waals surface area contributed by atoms with Crippen LogP contribution in [0.25, 0.3) is 6.08 Å². The summed E-state index contributed by atoms with van der Waals surface area (Å²) in [5, 5.41) is 0. The minimum absolute atomic E-state index is 0.545. The fourth-order valence-corrected chi connectivity index (χ4v) is 1.50. The van der Waals surface area contributed by atoms with Crippen LogP contribution in [0.1, 0.15) is 12.5 Å². The molecule has 14 heavy (non-hydrogen) atoms. The van der Waals surface area contributed by atoms with Crippen molar-refractivity contribution in [2.24, 2.45) is 0 Å². The van der Waals surface area contributed by atoms with Crippen molar-refractivity contribution in [1.82, 2.24) is 0 Å². The maximum Gasteiger partial charge on any atom is 0.119 e. The molecule has 1 aromatic rings. The van der Waals surface area contributed by atoms with E-state index in [1.165, 1.54) is 0 Å². The number of hydrogen-bond donors (Lipinski definition) is 0. The molecule has 76 valence electrons. The topological polar surface area (TPSA) is 9.23 Å². The van der Waals surface area contributed by atoms with Gasteiger partial charge in [0.05, 0.1) is 7.11 Å². The van der Waals surface area contributed by atoms with Gasteiger partial charge in [0.15, 0.2) is 0 Å². The van der Waals surface area contributed by atoms with Gasteiger partial charge >= 0.3 is 0 Å². The maximum atomic E-state index is 5.71. The molecule has 0 aliphatic heterocycles. The third-order valence-electron chi connectivity index (χ3n) is 1.82. The number of alkyl halides is 1. The molecule has 0 aliphatic carbocycles. The minimum atomic E-state index is 0.545. The Morgan fingerprint density at radius 1 is 1.57 bits per heavy atom. The highest BCUT2D eigenvalue weighted by Gasteiger charge is 1.99. The predicted octanol–water partition coefficient (Wildman–Crippen LogP) is 4.10. The highest BCUT2D eigenvalue weighted by atomic mass is 79.9. The van der Waals surface area contributed by atoms with Crippen molar-refractivity contribution in [1.29, 1.82) is 0 Å². The molecule has 0 atom stereocenters. The number of methoxy groups -OCH3 is 1. The largest absolute Gasteiger partial charge is 0.497 e. The van der Waals surface area contributed by atoms with Crippen LogP contribution in [0.4, 0.5) is 0 Å². The van der Waals surface area contributed by atoms with E-state index in [0.29, 0.717) is 5.88 Å². The molecule has 0 aliphatic rings. The van der Waals surface area contributed by atoms with Crippen LogP contribution in [-0.4, -0.2) is 13.0 Å². The molecule has 0 saturated heterocycles. The van der Waals surface area contributed by atoms with Crippen LogP contribution >= 0.6 is 27.5 Å². The molecule has 0 N–H and O–H groups in total. The fourth-order valence-electron chi connectivity index (χ4n) is 1.06. The Morgan fingerprint density at radius 2 is 2.29 bits per heavy atom. The van der Waals surface area contributed by atoms with Gasteiger partial charge in [-0.3, -0.25) is 0 Å². The molecule has 0 amide bonds. The van der Waals surface area contributed by atoms with Gasteiger partial charge in [0.25, 0.3) is 0 Å². The Bertz CT molecular complexity index is 347. The molecular weight excluding hydrogens is 263 g/mol. The normalized spacial score (nSPS) is 11.6. The van der Waals surface area contributed by atoms with Gasteiger partial charge in [0, 0.05) is 10.4 Å². The van der Waals surface area contributed by atoms with Crippen LogP contribution in [0.3, 0.4) is 0 Å². The van der Waals surface area contributed by atoms with Gasteiger partial charge in [0.1, 0.15) is 5.75 Å². The van der Waals surface area contributed by atoms with Gasteiger partial charge in [-0.05, 0) is 30.7 Å². The Morgan fingerprint density at radius 3 is 2.86 bits per heavy atom. The number of halogens is 2. The van der Waals surface area contributed by atoms with Gasteiger partial charge in [0.2, 0.25) is 0 Å². The van der Waals surface area contributed by atoms with Crippen molar-refractivity contribution in [2.45, 2.75) is 6.92 Å². The van der Waals surface area contributed by atoms with Crippen molar-refractivity contribution in [2.75, 3.05) is 13.0 Å². The Hall–Kier alpha value is -0.470. The first-order chi connectivity index (χ1) is 6.67. The maximum absolute atomic E-state index is 5.71. The second-order valence-electron chi connectivity index (χ2n) is 3.01. The van der Waals surface area contributed by atoms with Crippen LogP contribution in [0.15, 0.2) is 28.2 Å². The van der Waals surface area contributed by atoms with E-state index >= 15 is 0 Å². The molecule has 0 saturated carbocycles. The number of ether oxygens (including phenoxy) is 1. The molecule has 0 bridgehead atoms. The smallest absolute Gasteiger partial charge is 0.119 e. The quantitative estimate of drug-likeness (QED) is 0.755. The molecule has 0 unspecified atom stereocenters. The van der Waals surface area contributed by atoms with Crippen molar-refractivity contribution in [3.63, 3.8) is 0 Å². The van der Waals surface area contributed by atoms with Gasteiger partial charge < -0.3 is 4.74 Å². The van der Waals surface area contributed by atoms with Crippen LogP contribution in [0, 0.1) is 0 Å². The summed E-state index contributed by atoms with van der Waals surface area (Å²) in [6.07, 6.45) is 2.04. The first kappa shape index (κ1) is 11.6. The monoisotopic (exact) mass is 274 g/mol. The summed E-state index contributed by atoms with van der Waals surface area (Å²) in [6, 6.07) is 5.85. The lowest BCUT2D eigenvalue weighted by Gasteiger charge is -2.04. The van der Waals surface area contributed by atoms with E-state index in [1.54, 1.807) is 7.11 Å². The number of benzene rings is 1. The third-order valence-corrected chi connectivity index (χ3v) is 2.96. The zero-order valence-electron chi connectivity index (χ0n) is 8.18. The number of hydrogen-bond acceptors (Lipinski definition) is 1. The molecule has 1 nitrogen and oxygen atoms in total. The Balaban J connectivity index is 3.06. The first-order valence-electron chi connectivity index (χ1n) is 4.24. The van der Waals surface area contributed by atoms with Crippen LogP contribution in [0.5, 0.6) is 5.75 Å². The Labute approximate surface area is 97.9 Å². The molecule has 0 aromatic heterocycles. The zero-order chi connectivity index (χ0) is 10.6. The van der Waals surface area contributed by atoms with Gasteiger partial charge in [-0.1, -0.05) is 27.6 Å². The lowest BCUT2D eigenvalue weighted by Crippen LogP contribution is -1.85. The first-order valence-corrected chi connectivity index (χ1v) is 5.57. The second-order valence-corrected chi connectivity index (χ2v) is 4.13. The van der Waals surface area contributed by atoms with Crippen molar-refractivity contribution < 1.29 is 4.74 Å². The van der Waals surface area contributed by atoms with E-state index in [-0.39, 0.29) is 0 Å². The summed E-state index contributed by atoms with van der Waals surface area (Å²) in [5.41, 5.74) is 2.21. The number of allylic oxidation sites excluding steroid dienone is 1. The van der Waals surface area contributed by atoms with E-state index in [2.05, 4.69) is 15.9 Å². The third kappa shape index (κ3) is 3.03. The van der Waals surface area contributed by atoms with E-state index in [0.717, 1.165) is 21.4 Å². The van der Waals surface area contributed by atoms with E-state index in [9.17, 15) is 0 Å². The molecular formula is C11H12BrClO. The molecule has 1 rings (SSSR count). The fraction of sp³-hybridized carbons (Fsp3) is 0.273. The van der Waals surface area contributed by atoms with E-state index in [1.807, 2.05) is 31.2 Å². The van der Waals surface area contributed by atoms with Gasteiger partial charge in [-0.2, -0.15) is 0 Å². The zero-order valence-corrected chi connectivity index (χ0v) is 10.5. The SMILES string of the molecule is COc1ccc(Br)c(/C=C(/C)CCl)c1. The highest BCUT2D eigenvalue weighted by molar-refractivity contribution is 9.10. The predicted molar refractivity (Wildman–Crippen MR) is 65.1 cm³/mol. The summed E-state index contributed by atoms with van der Waals surface area (Å²) in [5.74, 6) is 1.39. The summed E-state index contributed by atoms with van der Waals surface area (Å²) < 4.78 is 6.19. The van der Waals surface area contributed by atoms with Crippen molar-refractivity contribution in [3.8, 4) is 5.75 Å². The van der Waals surface area contributed by atoms with E-state index < -0.39 is 0 Å². The number of rotatable bonds is 3. The molecule has 0 radical (unpaired) electrons. The summed E-state index contributed by atoms with van der Waals surface area (Å²) in [6.45, 7) is 2.00. The minimum Gasteiger partial charge on any atom is -0.497 e. The lowest BCUT2D eigenvalue weighted by molar-refractivity contribution is 0.414. The molecule has 0 spiro atoms. The van der Waals surface area contributed by atoms with Gasteiger partial charge in [-0.25, -0.2) is 0 Å². The Kier molecular flexibility index (Phi) is 4.49. The summed E-state index contributed by atoms with van der Waals surface area (Å²) >= 11 is 9.19. The van der Waals surface area contributed by atoms with Crippen LogP contribution in [0.2, 0.25) is 0 Å². The molecule has 3 heteroatoms. The van der Waals surface area contributed by atoms with Gasteiger partial charge in [-0.15, -0.1) is 11.6 Å². The highest BCUT2D eigenvalue weighted by Crippen LogP contribution is 2.24. The molecule has 0 heterocycles. The van der Waals surface area contributed by atoms with E-state index in [4.69, 9.17) is 16.3 Å². The van der Waals surface area contributed by atoms with Crippen LogP contribution in [-0.2, 0) is 0 Å². The molecule has 0 fully saturated rings. The molecule has 1 aromatic carbocycles. The summed E-state index contributed by atoms with van der Waals surface area (Å²) in [4.78, 5) is 0. The standard InChI is InChI=1S/C11H12BrClO/c1-8(7-13)5-9-6-10(14-2)3-4-11(9)12/h3-6H,7H2,1-2H3/b8-5-. The second kappa shape index (κ2) is 5.42. The lowest BCUT2D eigenvalue weighted by atomic mass is 10.1. The van der Waals surface area contributed by atoms with Crippen molar-refractivity contribution >= 4 is 33.6 Å². The average molecular weight is 276 g/mol. The van der Waals surface area contributed by atoms with Crippen molar-refractivity contribution in [3.05, 3.63) is 33.8 Å².